The van der Waals surface area contributed by atoms with Crippen LogP contribution >= 0.6 is 23.5 Å². The van der Waals surface area contributed by atoms with Gasteiger partial charge in [-0.05, 0) is 96.1 Å². The molecule has 0 radical (unpaired) electrons. The van der Waals surface area contributed by atoms with Crippen molar-refractivity contribution in [2.75, 3.05) is 50.6 Å². The minimum Gasteiger partial charge on any atom is -0.493 e. The molecular formula is C48H44N8O8S2. The molecular weight excluding hydrogens is 881 g/mol. The predicted octanol–water partition coefficient (Wildman–Crippen LogP) is 8.85. The fourth-order valence-electron chi connectivity index (χ4n) is 6.55. The molecule has 4 aromatic carbocycles. The Morgan fingerprint density at radius 1 is 0.530 bits per heavy atom. The number of hydrogen-bond donors (Lipinski definition) is 2. The Labute approximate surface area is 389 Å². The Bertz CT molecular complexity index is 2760. The molecule has 2 aromatic heterocycles. The molecule has 0 saturated heterocycles. The molecule has 0 unspecified atom stereocenters. The fourth-order valence-corrected chi connectivity index (χ4v) is 8.03. The lowest BCUT2D eigenvalue weighted by Crippen LogP contribution is -2.29. The number of thioether (sulfide) groups is 2. The summed E-state index contributed by atoms with van der Waals surface area (Å²) in [5.41, 5.74) is 7.35. The standard InChI is InChI=1S/2C24H22N4O4S/c1-31-21-8-5-18(13-22(21)32-2)20-15-33-24(30)28(27-20)14-16-3-6-19(7-4-16)26-23(29)17-9-11-25-12-10-17;1-31-21-7-6-18(13-22(21)32-2)20-15-33-24(30)28(27-20)14-16-4-3-5-19(12-16)26-23(29)17-8-10-25-11-9-17/h2*3-13H,14-15H2,1-2H3,(H,26,29). The lowest BCUT2D eigenvalue weighted by Gasteiger charge is -2.23. The number of carbonyl (C=O) groups is 4. The van der Waals surface area contributed by atoms with E-state index in [0.717, 1.165) is 33.7 Å². The zero-order valence-electron chi connectivity index (χ0n) is 36.3. The van der Waals surface area contributed by atoms with E-state index in [1.807, 2.05) is 66.7 Å². The van der Waals surface area contributed by atoms with Gasteiger partial charge in [0.05, 0.1) is 53.0 Å². The van der Waals surface area contributed by atoms with Crippen LogP contribution in [0.5, 0.6) is 23.0 Å². The highest BCUT2D eigenvalue weighted by molar-refractivity contribution is 8.14. The Kier molecular flexibility index (Phi) is 15.6. The van der Waals surface area contributed by atoms with Gasteiger partial charge in [-0.15, -0.1) is 0 Å². The van der Waals surface area contributed by atoms with Gasteiger partial charge in [0, 0.05) is 69.9 Å². The summed E-state index contributed by atoms with van der Waals surface area (Å²) in [5.74, 6) is 2.97. The molecule has 18 heteroatoms. The van der Waals surface area contributed by atoms with Crippen LogP contribution in [0.25, 0.3) is 0 Å². The number of aromatic nitrogens is 2. The molecule has 2 N–H and O–H groups in total. The van der Waals surface area contributed by atoms with Gasteiger partial charge in [-0.25, -0.2) is 10.0 Å². The number of ether oxygens (including phenoxy) is 4. The lowest BCUT2D eigenvalue weighted by molar-refractivity contribution is 0.101. The van der Waals surface area contributed by atoms with Gasteiger partial charge in [0.25, 0.3) is 11.8 Å². The molecule has 0 fully saturated rings. The second-order valence-electron chi connectivity index (χ2n) is 14.2. The van der Waals surface area contributed by atoms with E-state index in [1.54, 1.807) is 95.7 Å². The maximum Gasteiger partial charge on any atom is 0.302 e. The first-order valence-corrected chi connectivity index (χ1v) is 22.2. The van der Waals surface area contributed by atoms with Crippen LogP contribution in [-0.4, -0.2) is 93.6 Å². The van der Waals surface area contributed by atoms with Crippen LogP contribution in [0.2, 0.25) is 0 Å². The van der Waals surface area contributed by atoms with E-state index in [0.29, 0.717) is 63.6 Å². The van der Waals surface area contributed by atoms with Crippen LogP contribution in [0.1, 0.15) is 43.0 Å². The number of pyridine rings is 2. The number of methoxy groups -OCH3 is 4. The molecule has 0 aliphatic carbocycles. The van der Waals surface area contributed by atoms with E-state index >= 15 is 0 Å². The Hall–Kier alpha value is -7.70. The first-order chi connectivity index (χ1) is 32.1. The van der Waals surface area contributed by atoms with Crippen molar-refractivity contribution in [1.29, 1.82) is 0 Å². The van der Waals surface area contributed by atoms with E-state index in [2.05, 4.69) is 30.8 Å². The highest BCUT2D eigenvalue weighted by atomic mass is 32.2. The molecule has 0 spiro atoms. The van der Waals surface area contributed by atoms with Crippen molar-refractivity contribution < 1.29 is 38.1 Å². The van der Waals surface area contributed by atoms with Crippen molar-refractivity contribution in [3.05, 3.63) is 167 Å². The number of rotatable bonds is 14. The topological polar surface area (TPSA) is 186 Å². The summed E-state index contributed by atoms with van der Waals surface area (Å²) in [6.45, 7) is 0.600. The van der Waals surface area contributed by atoms with Crippen LogP contribution in [0.4, 0.5) is 21.0 Å². The SMILES string of the molecule is COc1ccc(C2=NN(Cc3ccc(NC(=O)c4ccncc4)cc3)C(=O)SC2)cc1OC.COc1ccc(C2=NN(Cc3cccc(NC(=O)c4ccncc4)c3)C(=O)SC2)cc1OC. The summed E-state index contributed by atoms with van der Waals surface area (Å²) in [6, 6.07) is 32.4. The second-order valence-corrected chi connectivity index (χ2v) is 16.1. The van der Waals surface area contributed by atoms with E-state index in [-0.39, 0.29) is 28.8 Å². The highest BCUT2D eigenvalue weighted by Crippen LogP contribution is 2.32. The molecule has 4 amide bonds. The van der Waals surface area contributed by atoms with Gasteiger partial charge in [0.15, 0.2) is 23.0 Å². The third-order valence-corrected chi connectivity index (χ3v) is 11.7. The Balaban J connectivity index is 0.000000196. The van der Waals surface area contributed by atoms with E-state index in [1.165, 1.54) is 33.5 Å². The summed E-state index contributed by atoms with van der Waals surface area (Å²) >= 11 is 2.40. The Morgan fingerprint density at radius 3 is 1.45 bits per heavy atom. The second kappa shape index (κ2) is 22.3. The first-order valence-electron chi connectivity index (χ1n) is 20.2. The first kappa shape index (κ1) is 46.3. The lowest BCUT2D eigenvalue weighted by atomic mass is 10.1. The van der Waals surface area contributed by atoms with E-state index < -0.39 is 0 Å². The van der Waals surface area contributed by atoms with Gasteiger partial charge >= 0.3 is 10.5 Å². The third-order valence-electron chi connectivity index (χ3n) is 9.95. The molecule has 2 aliphatic rings. The van der Waals surface area contributed by atoms with Gasteiger partial charge in [-0.3, -0.25) is 29.1 Å². The van der Waals surface area contributed by atoms with Crippen molar-refractivity contribution in [2.45, 2.75) is 13.1 Å². The summed E-state index contributed by atoms with van der Waals surface area (Å²) < 4.78 is 21.3. The van der Waals surface area contributed by atoms with Crippen LogP contribution in [0.15, 0.2) is 144 Å². The minimum absolute atomic E-state index is 0.116. The largest absolute Gasteiger partial charge is 0.493 e. The van der Waals surface area contributed by atoms with Crippen molar-refractivity contribution in [3.8, 4) is 23.0 Å². The predicted molar refractivity (Wildman–Crippen MR) is 256 cm³/mol. The molecule has 16 nitrogen and oxygen atoms in total. The number of hydrazone groups is 2. The van der Waals surface area contributed by atoms with Gasteiger partial charge in [0.1, 0.15) is 0 Å². The summed E-state index contributed by atoms with van der Waals surface area (Å²) in [6.07, 6.45) is 6.28. The molecule has 0 bridgehead atoms. The molecule has 8 rings (SSSR count). The van der Waals surface area contributed by atoms with Gasteiger partial charge in [0.2, 0.25) is 0 Å². The van der Waals surface area contributed by atoms with Crippen LogP contribution in [0, 0.1) is 0 Å². The molecule has 0 atom stereocenters. The average Bonchev–Trinajstić information content (AvgIpc) is 3.36. The normalized spacial score (nSPS) is 13.3. The number of nitrogens with one attached hydrogen (secondary N) is 2. The number of amides is 4. The Morgan fingerprint density at radius 2 is 0.985 bits per heavy atom. The zero-order valence-corrected chi connectivity index (χ0v) is 37.9. The summed E-state index contributed by atoms with van der Waals surface area (Å²) in [7, 11) is 6.33. The molecule has 336 valence electrons. The molecule has 2 aliphatic heterocycles. The fraction of sp³-hybridized carbons (Fsp3) is 0.167. The average molecular weight is 925 g/mol. The van der Waals surface area contributed by atoms with Crippen LogP contribution in [0.3, 0.4) is 0 Å². The van der Waals surface area contributed by atoms with Gasteiger partial charge in [-0.1, -0.05) is 47.8 Å². The van der Waals surface area contributed by atoms with Crippen molar-refractivity contribution in [2.24, 2.45) is 10.2 Å². The van der Waals surface area contributed by atoms with E-state index in [9.17, 15) is 19.2 Å². The van der Waals surface area contributed by atoms with E-state index in [4.69, 9.17) is 18.9 Å². The molecule has 0 saturated carbocycles. The minimum atomic E-state index is -0.229. The van der Waals surface area contributed by atoms with Crippen LogP contribution in [-0.2, 0) is 13.1 Å². The van der Waals surface area contributed by atoms with Gasteiger partial charge < -0.3 is 29.6 Å². The van der Waals surface area contributed by atoms with Crippen LogP contribution < -0.4 is 29.6 Å². The van der Waals surface area contributed by atoms with Gasteiger partial charge in [-0.2, -0.15) is 10.2 Å². The van der Waals surface area contributed by atoms with Crippen molar-refractivity contribution in [1.82, 2.24) is 20.0 Å². The number of carbonyl (C=O) groups excluding carboxylic acids is 4. The zero-order chi connectivity index (χ0) is 46.4. The quantitative estimate of drug-likeness (QED) is 0.106. The number of anilines is 2. The monoisotopic (exact) mass is 924 g/mol. The van der Waals surface area contributed by atoms with Crippen molar-refractivity contribution >= 4 is 68.6 Å². The maximum atomic E-state index is 12.5. The third kappa shape index (κ3) is 11.9. The summed E-state index contributed by atoms with van der Waals surface area (Å²) in [5, 5.41) is 17.5. The summed E-state index contributed by atoms with van der Waals surface area (Å²) in [4.78, 5) is 57.5. The number of hydrogen-bond acceptors (Lipinski definition) is 14. The molecule has 6 aromatic rings. The molecule has 66 heavy (non-hydrogen) atoms. The molecule has 4 heterocycles. The number of benzene rings is 4. The number of nitrogens with zero attached hydrogens (tertiary/aromatic N) is 6. The van der Waals surface area contributed by atoms with Crippen molar-refractivity contribution in [3.63, 3.8) is 0 Å². The maximum absolute atomic E-state index is 12.5. The highest BCUT2D eigenvalue weighted by Gasteiger charge is 2.25. The smallest absolute Gasteiger partial charge is 0.302 e.